The predicted molar refractivity (Wildman–Crippen MR) is 232 cm³/mol. The molecular formula is C46H42N4O5S2. The Bertz CT molecular complexity index is 2380. The number of rotatable bonds is 14. The molecule has 9 nitrogen and oxygen atoms in total. The van der Waals surface area contributed by atoms with Gasteiger partial charge in [0.05, 0.1) is 6.61 Å². The average Bonchev–Trinajstić information content (AvgIpc) is 3.64. The van der Waals surface area contributed by atoms with Crippen molar-refractivity contribution in [1.29, 1.82) is 0 Å². The van der Waals surface area contributed by atoms with Crippen LogP contribution in [0.3, 0.4) is 0 Å². The molecule has 1 aromatic heterocycles. The molecule has 6 rings (SSSR count). The third-order valence-electron chi connectivity index (χ3n) is 8.81. The van der Waals surface area contributed by atoms with Crippen LogP contribution < -0.4 is 20.9 Å². The van der Waals surface area contributed by atoms with Crippen molar-refractivity contribution in [3.05, 3.63) is 172 Å². The van der Waals surface area contributed by atoms with Gasteiger partial charge in [-0.05, 0) is 79.1 Å². The first-order chi connectivity index (χ1) is 27.6. The molecule has 0 saturated carbocycles. The zero-order valence-corrected chi connectivity index (χ0v) is 33.6. The van der Waals surface area contributed by atoms with Gasteiger partial charge in [-0.1, -0.05) is 96.6 Å². The van der Waals surface area contributed by atoms with Crippen LogP contribution in [0.2, 0.25) is 0 Å². The minimum Gasteiger partial charge on any atom is -0.462 e. The Morgan fingerprint density at radius 1 is 0.807 bits per heavy atom. The van der Waals surface area contributed by atoms with E-state index in [-0.39, 0.29) is 18.2 Å². The Labute approximate surface area is 340 Å². The van der Waals surface area contributed by atoms with Gasteiger partial charge in [0.15, 0.2) is 0 Å². The molecule has 1 unspecified atom stereocenters. The fourth-order valence-electron chi connectivity index (χ4n) is 5.84. The highest BCUT2D eigenvalue weighted by atomic mass is 32.2. The highest BCUT2D eigenvalue weighted by Gasteiger charge is 2.28. The predicted octanol–water partition coefficient (Wildman–Crippen LogP) is 9.85. The maximum Gasteiger partial charge on any atom is 0.341 e. The van der Waals surface area contributed by atoms with Crippen molar-refractivity contribution in [3.8, 4) is 11.1 Å². The number of anilines is 3. The van der Waals surface area contributed by atoms with Crippen molar-refractivity contribution in [2.45, 2.75) is 24.0 Å². The normalized spacial score (nSPS) is 11.6. The van der Waals surface area contributed by atoms with Gasteiger partial charge in [0, 0.05) is 46.9 Å². The maximum atomic E-state index is 14.2. The third-order valence-corrected chi connectivity index (χ3v) is 10.9. The molecule has 1 atom stereocenters. The van der Waals surface area contributed by atoms with Crippen LogP contribution in [0.4, 0.5) is 16.4 Å². The van der Waals surface area contributed by atoms with Gasteiger partial charge >= 0.3 is 5.97 Å². The fraction of sp³-hybridized carbons (Fsp3) is 0.130. The monoisotopic (exact) mass is 794 g/mol. The first kappa shape index (κ1) is 40.2. The average molecular weight is 795 g/mol. The lowest BCUT2D eigenvalue weighted by Gasteiger charge is -2.18. The van der Waals surface area contributed by atoms with E-state index in [1.165, 1.54) is 23.1 Å². The number of carbonyl (C=O) groups is 4. The lowest BCUT2D eigenvalue weighted by molar-refractivity contribution is -0.116. The molecule has 0 radical (unpaired) electrons. The number of esters is 1. The molecule has 0 aliphatic heterocycles. The van der Waals surface area contributed by atoms with Crippen molar-refractivity contribution in [3.63, 3.8) is 0 Å². The highest BCUT2D eigenvalue weighted by Crippen LogP contribution is 2.40. The van der Waals surface area contributed by atoms with Gasteiger partial charge in [-0.3, -0.25) is 14.4 Å². The van der Waals surface area contributed by atoms with Gasteiger partial charge in [0.25, 0.3) is 11.8 Å². The van der Waals surface area contributed by atoms with E-state index >= 15 is 0 Å². The zero-order chi connectivity index (χ0) is 40.3. The van der Waals surface area contributed by atoms with E-state index in [9.17, 15) is 19.2 Å². The number of amides is 3. The SMILES string of the molecule is CCOC(=O)c1c(-c2ccc(C)cc2)csc1NC(=O)C(Sc1cccc(NC(=O)/C(=C\c2ccc(N(C)C)cc2)NC(=O)c2ccccc2)c1)c1ccccc1. The summed E-state index contributed by atoms with van der Waals surface area (Å²) in [5, 5.41) is 10.3. The summed E-state index contributed by atoms with van der Waals surface area (Å²) in [4.78, 5) is 57.3. The summed E-state index contributed by atoms with van der Waals surface area (Å²) in [5.41, 5.74) is 6.30. The number of nitrogens with zero attached hydrogens (tertiary/aromatic N) is 1. The van der Waals surface area contributed by atoms with E-state index in [2.05, 4.69) is 16.0 Å². The van der Waals surface area contributed by atoms with Crippen LogP contribution in [0.15, 0.2) is 149 Å². The second-order valence-electron chi connectivity index (χ2n) is 13.2. The molecule has 0 spiro atoms. The summed E-state index contributed by atoms with van der Waals surface area (Å²) < 4.78 is 5.43. The highest BCUT2D eigenvalue weighted by molar-refractivity contribution is 8.00. The largest absolute Gasteiger partial charge is 0.462 e. The Hall–Kier alpha value is -6.43. The molecule has 1 heterocycles. The minimum absolute atomic E-state index is 0.0550. The lowest BCUT2D eigenvalue weighted by Crippen LogP contribution is -2.30. The first-order valence-electron chi connectivity index (χ1n) is 18.2. The number of benzene rings is 5. The second-order valence-corrected chi connectivity index (χ2v) is 15.2. The van der Waals surface area contributed by atoms with Crippen LogP contribution in [0.1, 0.15) is 49.6 Å². The fourth-order valence-corrected chi connectivity index (χ4v) is 7.88. The second kappa shape index (κ2) is 18.9. The van der Waals surface area contributed by atoms with Gasteiger partial charge in [0.1, 0.15) is 21.5 Å². The molecule has 6 aromatic rings. The summed E-state index contributed by atoms with van der Waals surface area (Å²) in [6, 6.07) is 40.6. The van der Waals surface area contributed by atoms with Gasteiger partial charge in [0.2, 0.25) is 5.91 Å². The van der Waals surface area contributed by atoms with Crippen LogP contribution in [0.25, 0.3) is 17.2 Å². The first-order valence-corrected chi connectivity index (χ1v) is 20.0. The Morgan fingerprint density at radius 2 is 1.49 bits per heavy atom. The van der Waals surface area contributed by atoms with E-state index < -0.39 is 23.0 Å². The summed E-state index contributed by atoms with van der Waals surface area (Å²) in [7, 11) is 3.89. The number of thioether (sulfide) groups is 1. The van der Waals surface area contributed by atoms with Crippen molar-refractivity contribution < 1.29 is 23.9 Å². The van der Waals surface area contributed by atoms with Crippen LogP contribution in [-0.2, 0) is 14.3 Å². The van der Waals surface area contributed by atoms with Gasteiger partial charge < -0.3 is 25.6 Å². The van der Waals surface area contributed by atoms with Crippen LogP contribution in [-0.4, -0.2) is 44.4 Å². The van der Waals surface area contributed by atoms with E-state index in [0.29, 0.717) is 32.3 Å². The Morgan fingerprint density at radius 3 is 2.16 bits per heavy atom. The topological polar surface area (TPSA) is 117 Å². The molecular weight excluding hydrogens is 753 g/mol. The Balaban J connectivity index is 1.26. The molecule has 3 amide bonds. The van der Waals surface area contributed by atoms with Crippen LogP contribution >= 0.6 is 23.1 Å². The van der Waals surface area contributed by atoms with Gasteiger partial charge in [-0.2, -0.15) is 0 Å². The summed E-state index contributed by atoms with van der Waals surface area (Å²) in [5.74, 6) is -1.80. The molecule has 0 bridgehead atoms. The van der Waals surface area contributed by atoms with E-state index in [4.69, 9.17) is 4.74 Å². The molecule has 0 saturated heterocycles. The molecule has 57 heavy (non-hydrogen) atoms. The number of carbonyl (C=O) groups excluding carboxylic acids is 4. The molecule has 0 aliphatic carbocycles. The van der Waals surface area contributed by atoms with Gasteiger partial charge in [-0.25, -0.2) is 4.79 Å². The number of aryl methyl sites for hydroxylation is 1. The summed E-state index contributed by atoms with van der Waals surface area (Å²) in [6.45, 7) is 3.92. The maximum absolute atomic E-state index is 14.2. The van der Waals surface area contributed by atoms with Crippen molar-refractivity contribution >= 4 is 69.2 Å². The molecule has 0 aliphatic rings. The molecule has 5 aromatic carbocycles. The smallest absolute Gasteiger partial charge is 0.341 e. The third kappa shape index (κ3) is 10.5. The van der Waals surface area contributed by atoms with Gasteiger partial charge in [-0.15, -0.1) is 23.1 Å². The Kier molecular flexibility index (Phi) is 13.4. The van der Waals surface area contributed by atoms with Crippen LogP contribution in [0.5, 0.6) is 0 Å². The van der Waals surface area contributed by atoms with Crippen molar-refractivity contribution in [2.75, 3.05) is 36.2 Å². The number of nitrogens with one attached hydrogen (secondary N) is 3. The number of hydrogen-bond acceptors (Lipinski definition) is 8. The number of ether oxygens (including phenoxy) is 1. The van der Waals surface area contributed by atoms with E-state index in [1.54, 1.807) is 55.5 Å². The van der Waals surface area contributed by atoms with E-state index in [0.717, 1.165) is 27.9 Å². The van der Waals surface area contributed by atoms with Crippen molar-refractivity contribution in [2.24, 2.45) is 0 Å². The molecule has 3 N–H and O–H groups in total. The molecule has 288 valence electrons. The number of thiophene rings is 1. The molecule has 11 heteroatoms. The standard InChI is InChI=1S/C46H42N4O5S2/c1-5-55-46(54)40-38(32-23-19-30(2)20-24-32)29-56-45(40)49-44(53)41(33-13-8-6-9-14-33)57-37-18-12-17-35(28-37)47-43(52)39(48-42(51)34-15-10-7-11-16-34)27-31-21-25-36(26-22-31)50(3)4/h6-29,41H,5H2,1-4H3,(H,47,52)(H,48,51)(H,49,53)/b39-27+. The summed E-state index contributed by atoms with van der Waals surface area (Å²) >= 11 is 2.57. The van der Waals surface area contributed by atoms with Crippen molar-refractivity contribution in [1.82, 2.24) is 5.32 Å². The number of hydrogen-bond donors (Lipinski definition) is 3. The minimum atomic E-state index is -0.733. The lowest BCUT2D eigenvalue weighted by atomic mass is 10.0. The molecule has 0 fully saturated rings. The summed E-state index contributed by atoms with van der Waals surface area (Å²) in [6.07, 6.45) is 1.63. The van der Waals surface area contributed by atoms with E-state index in [1.807, 2.05) is 122 Å². The quantitative estimate of drug-likeness (QED) is 0.0571. The van der Waals surface area contributed by atoms with Crippen LogP contribution in [0, 0.1) is 6.92 Å². The zero-order valence-electron chi connectivity index (χ0n) is 31.9.